The Labute approximate surface area is 157 Å². The third-order valence-electron chi connectivity index (χ3n) is 3.38. The van der Waals surface area contributed by atoms with Crippen molar-refractivity contribution in [3.05, 3.63) is 40.3 Å². The van der Waals surface area contributed by atoms with Crippen LogP contribution in [0.5, 0.6) is 5.75 Å². The number of carbonyl (C=O) groups excluding carboxylic acids is 2. The first-order valence-electron chi connectivity index (χ1n) is 8.52. The number of nitrogens with zero attached hydrogens (tertiary/aromatic N) is 1. The summed E-state index contributed by atoms with van der Waals surface area (Å²) < 4.78 is 5.57. The van der Waals surface area contributed by atoms with Gasteiger partial charge in [-0.15, -0.1) is 11.3 Å². The summed E-state index contributed by atoms with van der Waals surface area (Å²) in [6.07, 6.45) is 1.66. The highest BCUT2D eigenvalue weighted by Crippen LogP contribution is 2.17. The SMILES string of the molecule is CCc1nc(CCNC(=O)NCCOc2cccc(NC(C)=O)c2)cs1. The van der Waals surface area contributed by atoms with Crippen molar-refractivity contribution in [1.82, 2.24) is 15.6 Å². The molecule has 1 aromatic carbocycles. The third kappa shape index (κ3) is 7.10. The van der Waals surface area contributed by atoms with Gasteiger partial charge in [0.1, 0.15) is 12.4 Å². The molecule has 0 saturated heterocycles. The first kappa shape index (κ1) is 19.7. The number of nitrogens with one attached hydrogen (secondary N) is 3. The lowest BCUT2D eigenvalue weighted by molar-refractivity contribution is -0.114. The van der Waals surface area contributed by atoms with E-state index < -0.39 is 0 Å². The molecule has 0 fully saturated rings. The van der Waals surface area contributed by atoms with Gasteiger partial charge in [0.25, 0.3) is 0 Å². The average molecular weight is 376 g/mol. The minimum absolute atomic E-state index is 0.135. The van der Waals surface area contributed by atoms with Crippen molar-refractivity contribution >= 4 is 29.0 Å². The Morgan fingerprint density at radius 2 is 2.04 bits per heavy atom. The largest absolute Gasteiger partial charge is 0.492 e. The number of amides is 3. The van der Waals surface area contributed by atoms with E-state index in [0.29, 0.717) is 31.1 Å². The van der Waals surface area contributed by atoms with Gasteiger partial charge in [0.15, 0.2) is 0 Å². The standard InChI is InChI=1S/C18H24N4O3S/c1-3-17-22-15(12-26-17)7-8-19-18(24)20-9-10-25-16-6-4-5-14(11-16)21-13(2)23/h4-6,11-12H,3,7-10H2,1-2H3,(H,21,23)(H2,19,20,24). The van der Waals surface area contributed by atoms with Gasteiger partial charge in [-0.05, 0) is 18.6 Å². The molecule has 3 amide bonds. The number of carbonyl (C=O) groups is 2. The van der Waals surface area contributed by atoms with E-state index in [1.165, 1.54) is 6.92 Å². The summed E-state index contributed by atoms with van der Waals surface area (Å²) in [5.41, 5.74) is 1.68. The van der Waals surface area contributed by atoms with E-state index >= 15 is 0 Å². The molecule has 0 bridgehead atoms. The molecule has 3 N–H and O–H groups in total. The van der Waals surface area contributed by atoms with Crippen LogP contribution >= 0.6 is 11.3 Å². The Kier molecular flexibility index (Phi) is 7.88. The number of hydrogen-bond donors (Lipinski definition) is 3. The van der Waals surface area contributed by atoms with Gasteiger partial charge in [-0.1, -0.05) is 13.0 Å². The minimum atomic E-state index is -0.230. The van der Waals surface area contributed by atoms with Gasteiger partial charge in [0.05, 0.1) is 17.2 Å². The van der Waals surface area contributed by atoms with Gasteiger partial charge < -0.3 is 20.7 Å². The Hall–Kier alpha value is -2.61. The summed E-state index contributed by atoms with van der Waals surface area (Å²) in [6, 6.07) is 6.88. The molecule has 26 heavy (non-hydrogen) atoms. The van der Waals surface area contributed by atoms with Gasteiger partial charge in [0.2, 0.25) is 5.91 Å². The maximum absolute atomic E-state index is 11.7. The highest BCUT2D eigenvalue weighted by Gasteiger charge is 2.03. The number of hydrogen-bond acceptors (Lipinski definition) is 5. The van der Waals surface area contributed by atoms with Crippen LogP contribution < -0.4 is 20.7 Å². The molecule has 8 heteroatoms. The molecule has 0 aliphatic rings. The zero-order chi connectivity index (χ0) is 18.8. The molecule has 0 atom stereocenters. The number of aryl methyl sites for hydroxylation is 1. The molecule has 0 spiro atoms. The van der Waals surface area contributed by atoms with Gasteiger partial charge in [0, 0.05) is 37.0 Å². The molecular formula is C18H24N4O3S. The highest BCUT2D eigenvalue weighted by atomic mass is 32.1. The van der Waals surface area contributed by atoms with Crippen LogP contribution in [-0.4, -0.2) is 36.6 Å². The number of thiazole rings is 1. The molecule has 0 saturated carbocycles. The Bertz CT molecular complexity index is 733. The fraction of sp³-hybridized carbons (Fsp3) is 0.389. The number of ether oxygens (including phenoxy) is 1. The fourth-order valence-corrected chi connectivity index (χ4v) is 2.97. The summed E-state index contributed by atoms with van der Waals surface area (Å²) in [6.45, 7) is 4.79. The molecule has 2 rings (SSSR count). The number of anilines is 1. The van der Waals surface area contributed by atoms with Crippen molar-refractivity contribution in [2.24, 2.45) is 0 Å². The smallest absolute Gasteiger partial charge is 0.314 e. The molecular weight excluding hydrogens is 352 g/mol. The predicted molar refractivity (Wildman–Crippen MR) is 103 cm³/mol. The zero-order valence-electron chi connectivity index (χ0n) is 15.0. The molecule has 0 aliphatic carbocycles. The molecule has 1 aromatic heterocycles. The minimum Gasteiger partial charge on any atom is -0.492 e. The highest BCUT2D eigenvalue weighted by molar-refractivity contribution is 7.09. The molecule has 1 heterocycles. The molecule has 2 aromatic rings. The van der Waals surface area contributed by atoms with Crippen LogP contribution in [0.4, 0.5) is 10.5 Å². The van der Waals surface area contributed by atoms with Gasteiger partial charge in [-0.2, -0.15) is 0 Å². The molecule has 0 unspecified atom stereocenters. The fourth-order valence-electron chi connectivity index (χ4n) is 2.19. The van der Waals surface area contributed by atoms with Crippen molar-refractivity contribution in [1.29, 1.82) is 0 Å². The average Bonchev–Trinajstić information content (AvgIpc) is 3.06. The first-order valence-corrected chi connectivity index (χ1v) is 9.40. The number of benzene rings is 1. The lowest BCUT2D eigenvalue weighted by atomic mass is 10.3. The summed E-state index contributed by atoms with van der Waals surface area (Å²) in [7, 11) is 0. The van der Waals surface area contributed by atoms with Crippen LogP contribution in [0, 0.1) is 0 Å². The molecule has 0 aliphatic heterocycles. The van der Waals surface area contributed by atoms with E-state index in [4.69, 9.17) is 4.74 Å². The monoisotopic (exact) mass is 376 g/mol. The molecule has 0 radical (unpaired) electrons. The van der Waals surface area contributed by atoms with Crippen LogP contribution in [0.25, 0.3) is 0 Å². The number of rotatable bonds is 9. The van der Waals surface area contributed by atoms with E-state index in [1.807, 2.05) is 5.38 Å². The van der Waals surface area contributed by atoms with E-state index in [-0.39, 0.29) is 11.9 Å². The Balaban J connectivity index is 1.60. The maximum Gasteiger partial charge on any atom is 0.314 e. The second-order valence-corrected chi connectivity index (χ2v) is 6.52. The van der Waals surface area contributed by atoms with Crippen molar-refractivity contribution < 1.29 is 14.3 Å². The van der Waals surface area contributed by atoms with E-state index in [0.717, 1.165) is 23.5 Å². The van der Waals surface area contributed by atoms with Crippen molar-refractivity contribution in [3.63, 3.8) is 0 Å². The van der Waals surface area contributed by atoms with Crippen LogP contribution in [0.1, 0.15) is 24.5 Å². The van der Waals surface area contributed by atoms with Crippen molar-refractivity contribution in [2.75, 3.05) is 25.0 Å². The van der Waals surface area contributed by atoms with Crippen molar-refractivity contribution in [2.45, 2.75) is 26.7 Å². The number of urea groups is 1. The van der Waals surface area contributed by atoms with Crippen molar-refractivity contribution in [3.8, 4) is 5.75 Å². The second kappa shape index (κ2) is 10.4. The lowest BCUT2D eigenvalue weighted by Gasteiger charge is -2.10. The van der Waals surface area contributed by atoms with Crippen LogP contribution in [0.3, 0.4) is 0 Å². The third-order valence-corrected chi connectivity index (χ3v) is 4.42. The first-order chi connectivity index (χ1) is 12.6. The lowest BCUT2D eigenvalue weighted by Crippen LogP contribution is -2.38. The van der Waals surface area contributed by atoms with Crippen LogP contribution in [0.15, 0.2) is 29.6 Å². The summed E-state index contributed by atoms with van der Waals surface area (Å²) in [5, 5.41) is 11.4. The zero-order valence-corrected chi connectivity index (χ0v) is 15.8. The second-order valence-electron chi connectivity index (χ2n) is 5.58. The Morgan fingerprint density at radius 1 is 1.23 bits per heavy atom. The van der Waals surface area contributed by atoms with Gasteiger partial charge in [-0.25, -0.2) is 9.78 Å². The number of aromatic nitrogens is 1. The quantitative estimate of drug-likeness (QED) is 0.587. The predicted octanol–water partition coefficient (Wildman–Crippen LogP) is 2.58. The summed E-state index contributed by atoms with van der Waals surface area (Å²) in [5.74, 6) is 0.498. The molecule has 140 valence electrons. The maximum atomic E-state index is 11.7. The van der Waals surface area contributed by atoms with Gasteiger partial charge in [-0.3, -0.25) is 4.79 Å². The summed E-state index contributed by atoms with van der Waals surface area (Å²) >= 11 is 1.65. The topological polar surface area (TPSA) is 92.3 Å². The van der Waals surface area contributed by atoms with E-state index in [9.17, 15) is 9.59 Å². The van der Waals surface area contributed by atoms with E-state index in [1.54, 1.807) is 35.6 Å². The van der Waals surface area contributed by atoms with Crippen LogP contribution in [-0.2, 0) is 17.6 Å². The summed E-state index contributed by atoms with van der Waals surface area (Å²) in [4.78, 5) is 27.2. The van der Waals surface area contributed by atoms with E-state index in [2.05, 4.69) is 27.9 Å². The van der Waals surface area contributed by atoms with Crippen LogP contribution in [0.2, 0.25) is 0 Å². The van der Waals surface area contributed by atoms with Gasteiger partial charge >= 0.3 is 6.03 Å². The normalized spacial score (nSPS) is 10.2. The molecule has 7 nitrogen and oxygen atoms in total. The Morgan fingerprint density at radius 3 is 2.77 bits per heavy atom.